The fraction of sp³-hybridized carbons (Fsp3) is 0.333. The normalized spacial score (nSPS) is 12.2. The molecule has 0 aliphatic heterocycles. The Labute approximate surface area is 132 Å². The molecule has 1 unspecified atom stereocenters. The van der Waals surface area contributed by atoms with Gasteiger partial charge in [-0.25, -0.2) is 0 Å². The summed E-state index contributed by atoms with van der Waals surface area (Å²) in [4.78, 5) is 2.14. The van der Waals surface area contributed by atoms with Crippen LogP contribution in [0.15, 0.2) is 42.5 Å². The number of aryl methyl sites for hydroxylation is 1. The molecule has 0 fully saturated rings. The van der Waals surface area contributed by atoms with Gasteiger partial charge in [0.25, 0.3) is 0 Å². The third-order valence-electron chi connectivity index (χ3n) is 3.82. The van der Waals surface area contributed by atoms with Crippen molar-refractivity contribution in [1.29, 1.82) is 0 Å². The van der Waals surface area contributed by atoms with Crippen LogP contribution >= 0.6 is 11.6 Å². The van der Waals surface area contributed by atoms with Crippen molar-refractivity contribution in [2.75, 3.05) is 11.9 Å². The maximum atomic E-state index is 6.41. The minimum Gasteiger partial charge on any atom is -0.345 e. The van der Waals surface area contributed by atoms with Crippen LogP contribution in [-0.2, 0) is 6.42 Å². The molecule has 1 atom stereocenters. The molecule has 2 aromatic carbocycles. The molecule has 0 heterocycles. The number of nitrogens with zero attached hydrogens (tertiary/aromatic N) is 1. The predicted octanol–water partition coefficient (Wildman–Crippen LogP) is 4.70. The Balaban J connectivity index is 2.23. The molecule has 0 aromatic heterocycles. The van der Waals surface area contributed by atoms with Crippen molar-refractivity contribution in [2.24, 2.45) is 5.73 Å². The van der Waals surface area contributed by atoms with E-state index in [-0.39, 0.29) is 6.04 Å². The zero-order valence-corrected chi connectivity index (χ0v) is 13.7. The van der Waals surface area contributed by atoms with Gasteiger partial charge in [-0.1, -0.05) is 36.7 Å². The van der Waals surface area contributed by atoms with Crippen LogP contribution in [0.1, 0.15) is 24.5 Å². The van der Waals surface area contributed by atoms with Crippen molar-refractivity contribution >= 4 is 23.0 Å². The molecule has 21 heavy (non-hydrogen) atoms. The molecule has 112 valence electrons. The molecule has 0 saturated heterocycles. The molecule has 2 nitrogen and oxygen atoms in total. The summed E-state index contributed by atoms with van der Waals surface area (Å²) in [7, 11) is 2.05. The lowest BCUT2D eigenvalue weighted by Gasteiger charge is -2.21. The number of anilines is 2. The Morgan fingerprint density at radius 3 is 2.48 bits per heavy atom. The van der Waals surface area contributed by atoms with Gasteiger partial charge < -0.3 is 10.6 Å². The summed E-state index contributed by atoms with van der Waals surface area (Å²) in [6.45, 7) is 4.19. The van der Waals surface area contributed by atoms with E-state index in [0.717, 1.165) is 34.8 Å². The van der Waals surface area contributed by atoms with Crippen LogP contribution in [-0.4, -0.2) is 13.1 Å². The van der Waals surface area contributed by atoms with E-state index in [1.54, 1.807) is 0 Å². The highest BCUT2D eigenvalue weighted by atomic mass is 35.5. The third-order valence-corrected chi connectivity index (χ3v) is 4.17. The van der Waals surface area contributed by atoms with Crippen LogP contribution < -0.4 is 10.6 Å². The average Bonchev–Trinajstić information content (AvgIpc) is 2.48. The lowest BCUT2D eigenvalue weighted by atomic mass is 10.0. The molecule has 0 aliphatic carbocycles. The van der Waals surface area contributed by atoms with E-state index < -0.39 is 0 Å². The smallest absolute Gasteiger partial charge is 0.0459 e. The summed E-state index contributed by atoms with van der Waals surface area (Å²) >= 11 is 6.41. The van der Waals surface area contributed by atoms with Crippen LogP contribution in [0.5, 0.6) is 0 Å². The topological polar surface area (TPSA) is 29.3 Å². The molecule has 0 amide bonds. The van der Waals surface area contributed by atoms with Gasteiger partial charge in [-0.05, 0) is 55.2 Å². The largest absolute Gasteiger partial charge is 0.345 e. The van der Waals surface area contributed by atoms with Gasteiger partial charge >= 0.3 is 0 Å². The van der Waals surface area contributed by atoms with Crippen molar-refractivity contribution in [3.8, 4) is 0 Å². The Kier molecular flexibility index (Phi) is 5.27. The van der Waals surface area contributed by atoms with E-state index in [2.05, 4.69) is 62.2 Å². The van der Waals surface area contributed by atoms with E-state index in [1.165, 1.54) is 5.56 Å². The number of benzene rings is 2. The van der Waals surface area contributed by atoms with Crippen molar-refractivity contribution in [3.05, 3.63) is 58.6 Å². The molecule has 0 saturated carbocycles. The third kappa shape index (κ3) is 3.99. The molecule has 2 rings (SSSR count). The van der Waals surface area contributed by atoms with Crippen molar-refractivity contribution in [2.45, 2.75) is 32.7 Å². The van der Waals surface area contributed by atoms with Gasteiger partial charge in [0.1, 0.15) is 0 Å². The second kappa shape index (κ2) is 6.97. The van der Waals surface area contributed by atoms with E-state index in [0.29, 0.717) is 0 Å². The second-order valence-electron chi connectivity index (χ2n) is 5.55. The summed E-state index contributed by atoms with van der Waals surface area (Å²) in [5, 5.41) is 0.788. The Bertz CT molecular complexity index is 610. The first-order valence-corrected chi connectivity index (χ1v) is 7.73. The fourth-order valence-electron chi connectivity index (χ4n) is 2.32. The van der Waals surface area contributed by atoms with Gasteiger partial charge in [0.2, 0.25) is 0 Å². The highest BCUT2D eigenvalue weighted by Crippen LogP contribution is 2.29. The van der Waals surface area contributed by atoms with Crippen LogP contribution in [0.3, 0.4) is 0 Å². The fourth-order valence-corrected chi connectivity index (χ4v) is 2.57. The van der Waals surface area contributed by atoms with Gasteiger partial charge in [0.15, 0.2) is 0 Å². The highest BCUT2D eigenvalue weighted by molar-refractivity contribution is 6.31. The molecule has 0 radical (unpaired) electrons. The summed E-state index contributed by atoms with van der Waals surface area (Å²) in [5.74, 6) is 0. The molecule has 0 bridgehead atoms. The molecular formula is C18H23ClN2. The lowest BCUT2D eigenvalue weighted by Crippen LogP contribution is -2.21. The summed E-state index contributed by atoms with van der Waals surface area (Å²) in [5.41, 5.74) is 10.6. The first-order valence-electron chi connectivity index (χ1n) is 7.35. The second-order valence-corrected chi connectivity index (χ2v) is 5.95. The predicted molar refractivity (Wildman–Crippen MR) is 92.7 cm³/mol. The average molecular weight is 303 g/mol. The van der Waals surface area contributed by atoms with Crippen molar-refractivity contribution in [3.63, 3.8) is 0 Å². The Morgan fingerprint density at radius 1 is 1.14 bits per heavy atom. The molecule has 3 heteroatoms. The summed E-state index contributed by atoms with van der Waals surface area (Å²) < 4.78 is 0. The first kappa shape index (κ1) is 15.9. The SMILES string of the molecule is CCC(N)Cc1ccc(N(C)c2cccc(C)c2)cc1Cl. The highest BCUT2D eigenvalue weighted by Gasteiger charge is 2.09. The maximum Gasteiger partial charge on any atom is 0.0459 e. The van der Waals surface area contributed by atoms with Gasteiger partial charge in [0.05, 0.1) is 0 Å². The molecule has 0 aliphatic rings. The lowest BCUT2D eigenvalue weighted by molar-refractivity contribution is 0.646. The monoisotopic (exact) mass is 302 g/mol. The van der Waals surface area contributed by atoms with E-state index in [4.69, 9.17) is 17.3 Å². The zero-order chi connectivity index (χ0) is 15.4. The van der Waals surface area contributed by atoms with Crippen molar-refractivity contribution < 1.29 is 0 Å². The molecular weight excluding hydrogens is 280 g/mol. The Morgan fingerprint density at radius 2 is 1.86 bits per heavy atom. The van der Waals surface area contributed by atoms with Crippen molar-refractivity contribution in [1.82, 2.24) is 0 Å². The first-order chi connectivity index (χ1) is 10.0. The maximum absolute atomic E-state index is 6.41. The number of hydrogen-bond donors (Lipinski definition) is 1. The Hall–Kier alpha value is -1.51. The van der Waals surface area contributed by atoms with Gasteiger partial charge in [0, 0.05) is 29.5 Å². The molecule has 2 N–H and O–H groups in total. The number of hydrogen-bond acceptors (Lipinski definition) is 2. The van der Waals surface area contributed by atoms with Crippen LogP contribution in [0.2, 0.25) is 5.02 Å². The van der Waals surface area contributed by atoms with E-state index in [1.807, 2.05) is 6.07 Å². The summed E-state index contributed by atoms with van der Waals surface area (Å²) in [6, 6.07) is 14.8. The molecule has 2 aromatic rings. The van der Waals surface area contributed by atoms with Gasteiger partial charge in [-0.15, -0.1) is 0 Å². The number of nitrogens with two attached hydrogens (primary N) is 1. The standard InChI is InChI=1S/C18H23ClN2/c1-4-15(20)11-14-8-9-17(12-18(14)19)21(3)16-7-5-6-13(2)10-16/h5-10,12,15H,4,11,20H2,1-3H3. The van der Waals surface area contributed by atoms with Crippen LogP contribution in [0, 0.1) is 6.92 Å². The molecule has 0 spiro atoms. The quantitative estimate of drug-likeness (QED) is 0.867. The zero-order valence-electron chi connectivity index (χ0n) is 12.9. The minimum absolute atomic E-state index is 0.169. The minimum atomic E-state index is 0.169. The number of rotatable bonds is 5. The van der Waals surface area contributed by atoms with Gasteiger partial charge in [-0.3, -0.25) is 0 Å². The number of halogens is 1. The van der Waals surface area contributed by atoms with Gasteiger partial charge in [-0.2, -0.15) is 0 Å². The summed E-state index contributed by atoms with van der Waals surface area (Å²) in [6.07, 6.45) is 1.78. The van der Waals surface area contributed by atoms with E-state index in [9.17, 15) is 0 Å². The van der Waals surface area contributed by atoms with Crippen LogP contribution in [0.4, 0.5) is 11.4 Å². The van der Waals surface area contributed by atoms with Crippen LogP contribution in [0.25, 0.3) is 0 Å². The van der Waals surface area contributed by atoms with E-state index >= 15 is 0 Å².